The molecule has 0 radical (unpaired) electrons. The van der Waals surface area contributed by atoms with E-state index in [4.69, 9.17) is 19.4 Å². The standard InChI is InChI=1S/C50H36B5N3O/c51-43-39(44(52)46(54)47(55)45(43)53)27-18-20-29(21-19-27)49-56-48(28-12-5-2-6-13-28)57-50(58-49)34-16-9-17-37-41(34)42-36(25-38(42)59-37)40-33-15-8-7-14-31(33)32-23-22-30(24-35(32)40)26-10-3-1-4-11-26/h1-25,40H,51-55H2. The molecule has 0 saturated carbocycles. The average Bonchev–Trinajstić information content (AvgIpc) is 3.76. The van der Waals surface area contributed by atoms with Crippen LogP contribution < -0.4 is 27.3 Å². The van der Waals surface area contributed by atoms with Gasteiger partial charge in [0.25, 0.3) is 0 Å². The normalized spacial score (nSPS) is 13.7. The maximum absolute atomic E-state index is 6.59. The van der Waals surface area contributed by atoms with Crippen molar-refractivity contribution in [3.63, 3.8) is 0 Å². The zero-order chi connectivity index (χ0) is 39.9. The van der Waals surface area contributed by atoms with Gasteiger partial charge < -0.3 is 4.42 Å². The number of nitrogens with zero attached hydrogens (tertiary/aromatic N) is 3. The summed E-state index contributed by atoms with van der Waals surface area (Å²) in [5.74, 6) is 2.84. The maximum Gasteiger partial charge on any atom is 0.164 e. The lowest BCUT2D eigenvalue weighted by Crippen LogP contribution is -2.55. The van der Waals surface area contributed by atoms with Gasteiger partial charge in [-0.2, -0.15) is 0 Å². The summed E-state index contributed by atoms with van der Waals surface area (Å²) in [5.41, 5.74) is 22.9. The van der Waals surface area contributed by atoms with Crippen LogP contribution in [0.4, 0.5) is 0 Å². The quantitative estimate of drug-likeness (QED) is 0.243. The lowest BCUT2D eigenvalue weighted by Gasteiger charge is -2.24. The summed E-state index contributed by atoms with van der Waals surface area (Å²) >= 11 is 0. The minimum Gasteiger partial charge on any atom is -0.456 e. The highest BCUT2D eigenvalue weighted by molar-refractivity contribution is 6.68. The molecule has 0 amide bonds. The Balaban J connectivity index is 1.05. The third-order valence-electron chi connectivity index (χ3n) is 13.0. The molecule has 7 aromatic carbocycles. The number of aromatic nitrogens is 3. The van der Waals surface area contributed by atoms with Gasteiger partial charge in [-0.3, -0.25) is 0 Å². The van der Waals surface area contributed by atoms with Crippen molar-refractivity contribution in [2.24, 2.45) is 0 Å². The molecule has 1 atom stereocenters. The van der Waals surface area contributed by atoms with Crippen LogP contribution in [0.1, 0.15) is 28.4 Å². The Bertz CT molecular complexity index is 3190. The van der Waals surface area contributed by atoms with E-state index >= 15 is 0 Å². The number of fused-ring (bicyclic) bond motifs is 6. The van der Waals surface area contributed by atoms with Crippen LogP contribution in [0, 0.1) is 0 Å². The smallest absolute Gasteiger partial charge is 0.164 e. The highest BCUT2D eigenvalue weighted by atomic mass is 16.3. The van der Waals surface area contributed by atoms with Crippen LogP contribution in [-0.4, -0.2) is 54.2 Å². The molecule has 9 heteroatoms. The van der Waals surface area contributed by atoms with Crippen molar-refractivity contribution in [1.29, 1.82) is 0 Å². The summed E-state index contributed by atoms with van der Waals surface area (Å²) in [7, 11) is 11.2. The van der Waals surface area contributed by atoms with E-state index in [1.165, 1.54) is 77.4 Å². The molecule has 2 aliphatic rings. The number of benzene rings is 7. The molecule has 0 bridgehead atoms. The Morgan fingerprint density at radius 3 is 1.66 bits per heavy atom. The molecule has 2 aliphatic carbocycles. The molecular weight excluding hydrogens is 713 g/mol. The monoisotopic (exact) mass is 749 g/mol. The van der Waals surface area contributed by atoms with Gasteiger partial charge in [0.05, 0.1) is 0 Å². The van der Waals surface area contributed by atoms with Crippen LogP contribution >= 0.6 is 0 Å². The zero-order valence-corrected chi connectivity index (χ0v) is 33.8. The van der Waals surface area contributed by atoms with E-state index in [-0.39, 0.29) is 5.92 Å². The van der Waals surface area contributed by atoms with E-state index in [0.717, 1.165) is 39.0 Å². The van der Waals surface area contributed by atoms with Crippen molar-refractivity contribution in [3.05, 3.63) is 168 Å². The van der Waals surface area contributed by atoms with Crippen molar-refractivity contribution in [3.8, 4) is 67.5 Å². The Kier molecular flexibility index (Phi) is 8.16. The molecule has 0 saturated heterocycles. The summed E-state index contributed by atoms with van der Waals surface area (Å²) in [6.45, 7) is 0. The van der Waals surface area contributed by atoms with Crippen LogP contribution in [0.2, 0.25) is 0 Å². The van der Waals surface area contributed by atoms with Gasteiger partial charge in [-0.1, -0.05) is 144 Å². The third kappa shape index (κ3) is 5.56. The minimum atomic E-state index is 0.0620. The first kappa shape index (κ1) is 35.3. The average molecular weight is 749 g/mol. The summed E-state index contributed by atoms with van der Waals surface area (Å²) in [6.07, 6.45) is 2.24. The maximum atomic E-state index is 6.59. The molecule has 9 aromatic rings. The van der Waals surface area contributed by atoms with E-state index in [9.17, 15) is 0 Å². The van der Waals surface area contributed by atoms with Gasteiger partial charge in [0.1, 0.15) is 50.6 Å². The fraction of sp³-hybridized carbons (Fsp3) is 0.0200. The van der Waals surface area contributed by atoms with E-state index in [2.05, 4.69) is 167 Å². The summed E-state index contributed by atoms with van der Waals surface area (Å²) in [6, 6.07) is 51.6. The molecule has 0 spiro atoms. The Labute approximate surface area is 348 Å². The Morgan fingerprint density at radius 2 is 0.949 bits per heavy atom. The topological polar surface area (TPSA) is 51.8 Å². The van der Waals surface area contributed by atoms with Crippen molar-refractivity contribution in [2.45, 2.75) is 5.92 Å². The van der Waals surface area contributed by atoms with Crippen molar-refractivity contribution in [2.75, 3.05) is 0 Å². The van der Waals surface area contributed by atoms with Crippen LogP contribution in [0.15, 0.2) is 150 Å². The van der Waals surface area contributed by atoms with Crippen molar-refractivity contribution >= 4 is 89.2 Å². The Hall–Kier alpha value is -6.85. The summed E-state index contributed by atoms with van der Waals surface area (Å²) in [4.78, 5) is 15.6. The van der Waals surface area contributed by atoms with E-state index in [1.807, 2.05) is 24.3 Å². The lowest BCUT2D eigenvalue weighted by molar-refractivity contribution is 0.599. The predicted molar refractivity (Wildman–Crippen MR) is 259 cm³/mol. The van der Waals surface area contributed by atoms with Gasteiger partial charge in [-0.15, -0.1) is 16.4 Å². The third-order valence-corrected chi connectivity index (χ3v) is 13.0. The molecule has 0 aliphatic heterocycles. The van der Waals surface area contributed by atoms with E-state index < -0.39 is 0 Å². The van der Waals surface area contributed by atoms with Crippen LogP contribution in [-0.2, 0) is 0 Å². The molecule has 11 rings (SSSR count). The molecule has 1 unspecified atom stereocenters. The summed E-state index contributed by atoms with van der Waals surface area (Å²) in [5, 5.41) is 1.03. The van der Waals surface area contributed by atoms with Gasteiger partial charge in [0, 0.05) is 33.6 Å². The Morgan fingerprint density at radius 1 is 0.407 bits per heavy atom. The first-order valence-electron chi connectivity index (χ1n) is 20.4. The fourth-order valence-electron chi connectivity index (χ4n) is 9.52. The van der Waals surface area contributed by atoms with Gasteiger partial charge in [-0.05, 0) is 68.3 Å². The van der Waals surface area contributed by atoms with E-state index in [1.54, 1.807) is 0 Å². The number of rotatable bonds is 6. The molecule has 0 fully saturated rings. The largest absolute Gasteiger partial charge is 0.456 e. The summed E-state index contributed by atoms with van der Waals surface area (Å²) < 4.78 is 6.59. The first-order chi connectivity index (χ1) is 28.8. The molecule has 4 nitrogen and oxygen atoms in total. The SMILES string of the molecule is Bc1c(B)c(B)c(-c2ccc(-c3nc(-c4ccccc4)nc(-c4cccc5oc6c(c45)C(C4c5ccccc5-c5ccc(-c7ccccc7)cc54)=C6)n3)cc2)c(B)c1B. The zero-order valence-electron chi connectivity index (χ0n) is 33.8. The van der Waals surface area contributed by atoms with E-state index in [0.29, 0.717) is 17.5 Å². The number of hydrogen-bond acceptors (Lipinski definition) is 4. The highest BCUT2D eigenvalue weighted by Gasteiger charge is 2.39. The lowest BCUT2D eigenvalue weighted by atomic mass is 9.59. The molecular formula is C50H36B5N3O. The van der Waals surface area contributed by atoms with Crippen LogP contribution in [0.25, 0.3) is 90.2 Å². The van der Waals surface area contributed by atoms with Gasteiger partial charge in [0.15, 0.2) is 17.5 Å². The van der Waals surface area contributed by atoms with Crippen molar-refractivity contribution in [1.82, 2.24) is 15.0 Å². The molecule has 2 heterocycles. The van der Waals surface area contributed by atoms with Crippen LogP contribution in [0.5, 0.6) is 0 Å². The fourth-order valence-corrected chi connectivity index (χ4v) is 9.52. The second kappa shape index (κ2) is 13.6. The molecule has 2 aromatic heterocycles. The van der Waals surface area contributed by atoms with Gasteiger partial charge in [-0.25, -0.2) is 15.0 Å². The molecule has 0 N–H and O–H groups in total. The number of hydrogen-bond donors (Lipinski definition) is 0. The minimum absolute atomic E-state index is 0.0620. The predicted octanol–water partition coefficient (Wildman–Crippen LogP) is 3.91. The molecule has 59 heavy (non-hydrogen) atoms. The second-order valence-corrected chi connectivity index (χ2v) is 16.1. The molecule has 272 valence electrons. The second-order valence-electron chi connectivity index (χ2n) is 16.1. The van der Waals surface area contributed by atoms with Gasteiger partial charge in [0.2, 0.25) is 0 Å². The van der Waals surface area contributed by atoms with Crippen molar-refractivity contribution < 1.29 is 4.42 Å². The van der Waals surface area contributed by atoms with Crippen LogP contribution in [0.3, 0.4) is 0 Å². The number of allylic oxidation sites excluding steroid dienone is 1. The number of furan rings is 1. The van der Waals surface area contributed by atoms with Gasteiger partial charge >= 0.3 is 0 Å². The highest BCUT2D eigenvalue weighted by Crippen LogP contribution is 2.57. The first-order valence-corrected chi connectivity index (χ1v) is 20.4.